The van der Waals surface area contributed by atoms with E-state index in [-0.39, 0.29) is 12.5 Å². The number of nitrogens with zero attached hydrogens (tertiary/aromatic N) is 3. The zero-order valence-electron chi connectivity index (χ0n) is 16.1. The molecule has 0 radical (unpaired) electrons. The van der Waals surface area contributed by atoms with Crippen LogP contribution in [0.4, 0.5) is 5.69 Å². The van der Waals surface area contributed by atoms with Gasteiger partial charge in [0.25, 0.3) is 5.91 Å². The Bertz CT molecular complexity index is 994. The van der Waals surface area contributed by atoms with E-state index in [1.54, 1.807) is 29.2 Å². The predicted molar refractivity (Wildman–Crippen MR) is 118 cm³/mol. The summed E-state index contributed by atoms with van der Waals surface area (Å²) in [6.07, 6.45) is 1.79. The Morgan fingerprint density at radius 1 is 1.24 bits per heavy atom. The first-order valence-electron chi connectivity index (χ1n) is 9.12. The second-order valence-corrected chi connectivity index (χ2v) is 8.22. The smallest absolute Gasteiger partial charge is 0.266 e. The summed E-state index contributed by atoms with van der Waals surface area (Å²) >= 11 is 7.28. The number of hydrogen-bond acceptors (Lipinski definition) is 5. The molecule has 0 aromatic heterocycles. The van der Waals surface area contributed by atoms with E-state index in [2.05, 4.69) is 18.8 Å². The number of nitriles is 1. The lowest BCUT2D eigenvalue weighted by molar-refractivity contribution is -0.122. The van der Waals surface area contributed by atoms with Gasteiger partial charge in [0.15, 0.2) is 11.8 Å². The van der Waals surface area contributed by atoms with Crippen LogP contribution in [0, 0.1) is 17.2 Å². The van der Waals surface area contributed by atoms with Gasteiger partial charge < -0.3 is 4.74 Å². The fourth-order valence-electron chi connectivity index (χ4n) is 2.73. The van der Waals surface area contributed by atoms with Crippen LogP contribution in [-0.4, -0.2) is 29.1 Å². The van der Waals surface area contributed by atoms with E-state index < -0.39 is 0 Å². The molecule has 0 aliphatic carbocycles. The highest BCUT2D eigenvalue weighted by Crippen LogP contribution is 2.36. The van der Waals surface area contributed by atoms with E-state index in [0.29, 0.717) is 33.3 Å². The number of hydrogen-bond donors (Lipinski definition) is 0. The van der Waals surface area contributed by atoms with Crippen molar-refractivity contribution in [2.75, 3.05) is 13.2 Å². The predicted octanol–water partition coefficient (Wildman–Crippen LogP) is 5.50. The van der Waals surface area contributed by atoms with E-state index in [4.69, 9.17) is 21.6 Å². The number of amides is 1. The highest BCUT2D eigenvalue weighted by atomic mass is 35.5. The van der Waals surface area contributed by atoms with Gasteiger partial charge in [0.1, 0.15) is 11.8 Å². The van der Waals surface area contributed by atoms with Gasteiger partial charge in [0, 0.05) is 17.1 Å². The second kappa shape index (κ2) is 9.64. The van der Waals surface area contributed by atoms with Crippen molar-refractivity contribution in [2.24, 2.45) is 10.9 Å². The Hall–Kier alpha value is -2.75. The Balaban J connectivity index is 1.95. The first-order valence-corrected chi connectivity index (χ1v) is 10.3. The lowest BCUT2D eigenvalue weighted by atomic mass is 10.1. The average Bonchev–Trinajstić information content (AvgIpc) is 2.97. The number of benzene rings is 2. The molecule has 0 saturated carbocycles. The zero-order valence-corrected chi connectivity index (χ0v) is 17.7. The lowest BCUT2D eigenvalue weighted by Gasteiger charge is -2.17. The van der Waals surface area contributed by atoms with E-state index in [1.165, 1.54) is 11.8 Å². The molecule has 1 fully saturated rings. The van der Waals surface area contributed by atoms with Crippen LogP contribution >= 0.6 is 23.4 Å². The maximum absolute atomic E-state index is 13.1. The molecular weight excluding hydrogens is 406 g/mol. The summed E-state index contributed by atoms with van der Waals surface area (Å²) in [5, 5.41) is 10.0. The van der Waals surface area contributed by atoms with E-state index in [9.17, 15) is 4.79 Å². The molecule has 1 heterocycles. The minimum Gasteiger partial charge on any atom is -0.478 e. The van der Waals surface area contributed by atoms with Gasteiger partial charge >= 0.3 is 0 Å². The van der Waals surface area contributed by atoms with Crippen LogP contribution in [0.25, 0.3) is 6.08 Å². The molecule has 2 aromatic rings. The Morgan fingerprint density at radius 2 is 1.97 bits per heavy atom. The number of carbonyl (C=O) groups is 1. The molecular formula is C22H20ClN3O2S. The molecule has 0 unspecified atom stereocenters. The Labute approximate surface area is 179 Å². The topological polar surface area (TPSA) is 65.7 Å². The van der Waals surface area contributed by atoms with Gasteiger partial charge in [0.05, 0.1) is 10.6 Å². The first-order chi connectivity index (χ1) is 14.0. The summed E-state index contributed by atoms with van der Waals surface area (Å²) in [6.45, 7) is 4.64. The standard InChI is InChI=1S/C22H20ClN3O2S/c1-15(2)14-26-21(27)20(13-16-5-3-4-6-19(16)28-12-11-24)29-22(26)25-18-9-7-17(23)8-10-18/h3-10,13,15H,12,14H2,1-2H3/b20-13-,25-22?. The van der Waals surface area contributed by atoms with E-state index >= 15 is 0 Å². The number of para-hydroxylation sites is 1. The van der Waals surface area contributed by atoms with Crippen molar-refractivity contribution in [3.05, 3.63) is 64.0 Å². The second-order valence-electron chi connectivity index (χ2n) is 6.78. The van der Waals surface area contributed by atoms with Gasteiger partial charge in [0.2, 0.25) is 0 Å². The molecule has 1 aliphatic rings. The van der Waals surface area contributed by atoms with Crippen molar-refractivity contribution in [2.45, 2.75) is 13.8 Å². The van der Waals surface area contributed by atoms with Gasteiger partial charge in [-0.3, -0.25) is 9.69 Å². The van der Waals surface area contributed by atoms with E-state index in [1.807, 2.05) is 36.4 Å². The number of thioether (sulfide) groups is 1. The van der Waals surface area contributed by atoms with Gasteiger partial charge in [-0.25, -0.2) is 4.99 Å². The monoisotopic (exact) mass is 425 g/mol. The van der Waals surface area contributed by atoms with Crippen molar-refractivity contribution in [3.8, 4) is 11.8 Å². The molecule has 3 rings (SSSR count). The molecule has 0 atom stereocenters. The normalized spacial score (nSPS) is 16.7. The molecule has 5 nitrogen and oxygen atoms in total. The van der Waals surface area contributed by atoms with Crippen LogP contribution in [0.2, 0.25) is 5.02 Å². The largest absolute Gasteiger partial charge is 0.478 e. The summed E-state index contributed by atoms with van der Waals surface area (Å²) in [7, 11) is 0. The highest BCUT2D eigenvalue weighted by Gasteiger charge is 2.33. The lowest BCUT2D eigenvalue weighted by Crippen LogP contribution is -2.32. The molecule has 148 valence electrons. The molecule has 1 saturated heterocycles. The minimum atomic E-state index is -0.0912. The quantitative estimate of drug-likeness (QED) is 0.573. The molecule has 29 heavy (non-hydrogen) atoms. The molecule has 0 N–H and O–H groups in total. The van der Waals surface area contributed by atoms with Crippen LogP contribution < -0.4 is 4.74 Å². The van der Waals surface area contributed by atoms with Crippen molar-refractivity contribution in [3.63, 3.8) is 0 Å². The van der Waals surface area contributed by atoms with Gasteiger partial charge in [-0.1, -0.05) is 43.6 Å². The number of carbonyl (C=O) groups excluding carboxylic acids is 1. The number of aliphatic imine (C=N–C) groups is 1. The van der Waals surface area contributed by atoms with Crippen molar-refractivity contribution < 1.29 is 9.53 Å². The molecule has 0 bridgehead atoms. The SMILES string of the molecule is CC(C)CN1C(=O)/C(=C/c2ccccc2OCC#N)SC1=Nc1ccc(Cl)cc1. The third kappa shape index (κ3) is 5.41. The number of amidine groups is 1. The third-order valence-corrected chi connectivity index (χ3v) is 5.24. The van der Waals surface area contributed by atoms with Gasteiger partial charge in [-0.15, -0.1) is 0 Å². The van der Waals surface area contributed by atoms with Crippen molar-refractivity contribution >= 4 is 46.2 Å². The highest BCUT2D eigenvalue weighted by molar-refractivity contribution is 8.18. The van der Waals surface area contributed by atoms with Gasteiger partial charge in [-0.05, 0) is 54.1 Å². The molecule has 0 spiro atoms. The van der Waals surface area contributed by atoms with Crippen LogP contribution in [-0.2, 0) is 4.79 Å². The van der Waals surface area contributed by atoms with Gasteiger partial charge in [-0.2, -0.15) is 5.26 Å². The molecule has 7 heteroatoms. The summed E-state index contributed by atoms with van der Waals surface area (Å²) in [4.78, 5) is 20.0. The van der Waals surface area contributed by atoms with Crippen LogP contribution in [0.3, 0.4) is 0 Å². The molecule has 1 aliphatic heterocycles. The summed E-state index contributed by atoms with van der Waals surface area (Å²) in [6, 6.07) is 16.5. The summed E-state index contributed by atoms with van der Waals surface area (Å²) < 4.78 is 5.47. The van der Waals surface area contributed by atoms with Crippen LogP contribution in [0.5, 0.6) is 5.75 Å². The summed E-state index contributed by atoms with van der Waals surface area (Å²) in [5.41, 5.74) is 1.48. The van der Waals surface area contributed by atoms with Crippen molar-refractivity contribution in [1.82, 2.24) is 4.90 Å². The van der Waals surface area contributed by atoms with Crippen LogP contribution in [0.1, 0.15) is 19.4 Å². The molecule has 1 amide bonds. The Kier molecular flexibility index (Phi) is 6.97. The van der Waals surface area contributed by atoms with E-state index in [0.717, 1.165) is 11.3 Å². The maximum Gasteiger partial charge on any atom is 0.266 e. The fourth-order valence-corrected chi connectivity index (χ4v) is 3.85. The number of ether oxygens (including phenoxy) is 1. The van der Waals surface area contributed by atoms with Crippen molar-refractivity contribution in [1.29, 1.82) is 5.26 Å². The Morgan fingerprint density at radius 3 is 2.66 bits per heavy atom. The average molecular weight is 426 g/mol. The third-order valence-electron chi connectivity index (χ3n) is 3.99. The minimum absolute atomic E-state index is 0.0516. The fraction of sp³-hybridized carbons (Fsp3) is 0.227. The number of halogens is 1. The van der Waals surface area contributed by atoms with Crippen LogP contribution in [0.15, 0.2) is 58.4 Å². The first kappa shape index (κ1) is 21.0. The number of rotatable bonds is 6. The molecule has 2 aromatic carbocycles. The maximum atomic E-state index is 13.1. The summed E-state index contributed by atoms with van der Waals surface area (Å²) in [5.74, 6) is 0.764. The zero-order chi connectivity index (χ0) is 20.8.